The van der Waals surface area contributed by atoms with Crippen molar-refractivity contribution in [2.24, 2.45) is 0 Å². The summed E-state index contributed by atoms with van der Waals surface area (Å²) in [6.45, 7) is 2.13. The van der Waals surface area contributed by atoms with Gasteiger partial charge < -0.3 is 24.3 Å². The molecule has 0 saturated carbocycles. The van der Waals surface area contributed by atoms with Gasteiger partial charge in [-0.1, -0.05) is 12.1 Å². The molecule has 0 aromatic heterocycles. The predicted octanol–water partition coefficient (Wildman–Crippen LogP) is 2.75. The lowest BCUT2D eigenvalue weighted by Crippen LogP contribution is -2.30. The maximum absolute atomic E-state index is 12.2. The number of carbonyl (C=O) groups excluding carboxylic acids is 2. The number of ether oxygens (including phenoxy) is 4. The number of esters is 1. The molecule has 0 saturated heterocycles. The summed E-state index contributed by atoms with van der Waals surface area (Å²) in [5.74, 6) is 0.179. The minimum absolute atomic E-state index is 0.157. The van der Waals surface area contributed by atoms with Crippen molar-refractivity contribution in [2.45, 2.75) is 19.6 Å². The minimum Gasteiger partial charge on any atom is -0.454 e. The Morgan fingerprint density at radius 2 is 1.85 bits per heavy atom. The second-order valence-corrected chi connectivity index (χ2v) is 5.73. The second kappa shape index (κ2) is 7.88. The summed E-state index contributed by atoms with van der Waals surface area (Å²) in [5.41, 5.74) is 1.84. The van der Waals surface area contributed by atoms with Crippen LogP contribution in [0.2, 0.25) is 0 Å². The van der Waals surface area contributed by atoms with Crippen LogP contribution in [0.3, 0.4) is 0 Å². The van der Waals surface area contributed by atoms with Crippen LogP contribution < -0.4 is 14.8 Å². The van der Waals surface area contributed by atoms with Crippen LogP contribution in [-0.4, -0.2) is 31.9 Å². The number of hydrogen-bond acceptors (Lipinski definition) is 6. The Labute approximate surface area is 150 Å². The second-order valence-electron chi connectivity index (χ2n) is 5.73. The molecule has 1 aliphatic rings. The molecule has 1 heterocycles. The lowest BCUT2D eigenvalue weighted by atomic mass is 10.1. The Hall–Kier alpha value is -3.06. The van der Waals surface area contributed by atoms with Crippen LogP contribution in [0.1, 0.15) is 22.8 Å². The molecular weight excluding hydrogens is 338 g/mol. The number of rotatable bonds is 6. The molecule has 0 radical (unpaired) electrons. The number of carbonyl (C=O) groups is 2. The van der Waals surface area contributed by atoms with E-state index in [9.17, 15) is 9.59 Å². The van der Waals surface area contributed by atoms with E-state index in [1.807, 2.05) is 0 Å². The fourth-order valence-electron chi connectivity index (χ4n) is 2.40. The molecule has 0 fully saturated rings. The van der Waals surface area contributed by atoms with Gasteiger partial charge in [-0.05, 0) is 36.8 Å². The van der Waals surface area contributed by atoms with Crippen LogP contribution in [0.25, 0.3) is 0 Å². The summed E-state index contributed by atoms with van der Waals surface area (Å²) in [4.78, 5) is 24.4. The minimum atomic E-state index is -0.952. The normalized spacial score (nSPS) is 13.2. The Morgan fingerprint density at radius 3 is 2.58 bits per heavy atom. The van der Waals surface area contributed by atoms with Crippen molar-refractivity contribution in [1.29, 1.82) is 0 Å². The third-order valence-electron chi connectivity index (χ3n) is 3.79. The van der Waals surface area contributed by atoms with E-state index in [-0.39, 0.29) is 6.79 Å². The molecule has 7 nitrogen and oxygen atoms in total. The first-order chi connectivity index (χ1) is 12.6. The van der Waals surface area contributed by atoms with Gasteiger partial charge in [0.05, 0.1) is 12.2 Å². The summed E-state index contributed by atoms with van der Waals surface area (Å²) in [7, 11) is 1.60. The van der Waals surface area contributed by atoms with E-state index in [0.29, 0.717) is 29.4 Å². The number of hydrogen-bond donors (Lipinski definition) is 1. The van der Waals surface area contributed by atoms with Gasteiger partial charge in [-0.2, -0.15) is 0 Å². The molecule has 0 spiro atoms. The zero-order valence-corrected chi connectivity index (χ0v) is 14.5. The molecule has 2 aromatic carbocycles. The van der Waals surface area contributed by atoms with E-state index in [1.54, 1.807) is 49.6 Å². The standard InChI is InChI=1S/C19H19NO6/c1-12(26-19(22)14-5-3-13(4-6-14)10-23-2)18(21)20-15-7-8-16-17(9-15)25-11-24-16/h3-9,12H,10-11H2,1-2H3,(H,20,21)/t12-/m0/s1. The van der Waals surface area contributed by atoms with E-state index < -0.39 is 18.0 Å². The Balaban J connectivity index is 1.57. The van der Waals surface area contributed by atoms with Crippen molar-refractivity contribution in [3.05, 3.63) is 53.6 Å². The average Bonchev–Trinajstić information content (AvgIpc) is 3.10. The molecule has 0 unspecified atom stereocenters. The van der Waals surface area contributed by atoms with Gasteiger partial charge in [0.15, 0.2) is 17.6 Å². The highest BCUT2D eigenvalue weighted by Gasteiger charge is 2.20. The molecule has 1 atom stereocenters. The number of nitrogens with one attached hydrogen (secondary N) is 1. The Morgan fingerprint density at radius 1 is 1.12 bits per heavy atom. The molecule has 1 N–H and O–H groups in total. The molecule has 0 aliphatic carbocycles. The lowest BCUT2D eigenvalue weighted by Gasteiger charge is -2.14. The van der Waals surface area contributed by atoms with Gasteiger partial charge in [0.1, 0.15) is 0 Å². The number of methoxy groups -OCH3 is 1. The van der Waals surface area contributed by atoms with Gasteiger partial charge in [0, 0.05) is 18.9 Å². The van der Waals surface area contributed by atoms with E-state index in [0.717, 1.165) is 5.56 Å². The number of fused-ring (bicyclic) bond motifs is 1. The molecule has 1 aliphatic heterocycles. The van der Waals surface area contributed by atoms with Gasteiger partial charge in [0.25, 0.3) is 5.91 Å². The molecule has 2 aromatic rings. The predicted molar refractivity (Wildman–Crippen MR) is 93.2 cm³/mol. The van der Waals surface area contributed by atoms with Gasteiger partial charge >= 0.3 is 5.97 Å². The molecule has 1 amide bonds. The molecule has 136 valence electrons. The summed E-state index contributed by atoms with van der Waals surface area (Å²) >= 11 is 0. The van der Waals surface area contributed by atoms with Crippen LogP contribution >= 0.6 is 0 Å². The Kier molecular flexibility index (Phi) is 5.38. The Bertz CT molecular complexity index is 802. The first-order valence-corrected chi connectivity index (χ1v) is 8.06. The monoisotopic (exact) mass is 357 g/mol. The van der Waals surface area contributed by atoms with Gasteiger partial charge in [0.2, 0.25) is 6.79 Å². The number of amides is 1. The van der Waals surface area contributed by atoms with Crippen LogP contribution in [0.5, 0.6) is 11.5 Å². The van der Waals surface area contributed by atoms with Crippen molar-refractivity contribution < 1.29 is 28.5 Å². The van der Waals surface area contributed by atoms with E-state index in [1.165, 1.54) is 6.92 Å². The topological polar surface area (TPSA) is 83.1 Å². The van der Waals surface area contributed by atoms with E-state index >= 15 is 0 Å². The summed E-state index contributed by atoms with van der Waals surface area (Å²) < 4.78 is 20.7. The fourth-order valence-corrected chi connectivity index (χ4v) is 2.40. The summed E-state index contributed by atoms with van der Waals surface area (Å²) in [6.07, 6.45) is -0.952. The summed E-state index contributed by atoms with van der Waals surface area (Å²) in [5, 5.41) is 2.69. The van der Waals surface area contributed by atoms with Crippen LogP contribution in [0, 0.1) is 0 Å². The highest BCUT2D eigenvalue weighted by atomic mass is 16.7. The van der Waals surface area contributed by atoms with Crippen LogP contribution in [-0.2, 0) is 20.9 Å². The van der Waals surface area contributed by atoms with E-state index in [2.05, 4.69) is 5.32 Å². The molecule has 3 rings (SSSR count). The van der Waals surface area contributed by atoms with E-state index in [4.69, 9.17) is 18.9 Å². The lowest BCUT2D eigenvalue weighted by molar-refractivity contribution is -0.123. The van der Waals surface area contributed by atoms with Crippen LogP contribution in [0.4, 0.5) is 5.69 Å². The fraction of sp³-hybridized carbons (Fsp3) is 0.263. The SMILES string of the molecule is COCc1ccc(C(=O)O[C@@H](C)C(=O)Nc2ccc3c(c2)OCO3)cc1. The number of benzene rings is 2. The quantitative estimate of drug-likeness (QED) is 0.801. The third-order valence-corrected chi connectivity index (χ3v) is 3.79. The zero-order chi connectivity index (χ0) is 18.5. The van der Waals surface area contributed by atoms with Crippen molar-refractivity contribution in [3.8, 4) is 11.5 Å². The van der Waals surface area contributed by atoms with Crippen molar-refractivity contribution >= 4 is 17.6 Å². The van der Waals surface area contributed by atoms with Gasteiger partial charge in [-0.3, -0.25) is 4.79 Å². The number of anilines is 1. The summed E-state index contributed by atoms with van der Waals surface area (Å²) in [6, 6.07) is 11.9. The van der Waals surface area contributed by atoms with Gasteiger partial charge in [-0.15, -0.1) is 0 Å². The first-order valence-electron chi connectivity index (χ1n) is 8.06. The maximum atomic E-state index is 12.2. The van der Waals surface area contributed by atoms with Crippen molar-refractivity contribution in [3.63, 3.8) is 0 Å². The average molecular weight is 357 g/mol. The smallest absolute Gasteiger partial charge is 0.338 e. The van der Waals surface area contributed by atoms with Crippen LogP contribution in [0.15, 0.2) is 42.5 Å². The molecule has 26 heavy (non-hydrogen) atoms. The first kappa shape index (κ1) is 17.8. The highest BCUT2D eigenvalue weighted by molar-refractivity contribution is 5.97. The van der Waals surface area contributed by atoms with Gasteiger partial charge in [-0.25, -0.2) is 4.79 Å². The molecule has 0 bridgehead atoms. The third kappa shape index (κ3) is 4.12. The largest absolute Gasteiger partial charge is 0.454 e. The molecule has 7 heteroatoms. The maximum Gasteiger partial charge on any atom is 0.338 e. The van der Waals surface area contributed by atoms with Crippen molar-refractivity contribution in [2.75, 3.05) is 19.2 Å². The zero-order valence-electron chi connectivity index (χ0n) is 14.5. The van der Waals surface area contributed by atoms with Crippen molar-refractivity contribution in [1.82, 2.24) is 0 Å². The highest BCUT2D eigenvalue weighted by Crippen LogP contribution is 2.34. The molecular formula is C19H19NO6.